The molecular formula is C94H78N2O2S2. The van der Waals surface area contributed by atoms with Crippen LogP contribution in [0.15, 0.2) is 319 Å². The number of hydrogen-bond acceptors (Lipinski definition) is 6. The minimum atomic E-state index is -0.608. The Hall–Kier alpha value is -9.92. The summed E-state index contributed by atoms with van der Waals surface area (Å²) in [6.45, 7) is 8.01. The molecule has 3 aliphatic carbocycles. The van der Waals surface area contributed by atoms with Crippen molar-refractivity contribution in [1.29, 1.82) is 0 Å². The van der Waals surface area contributed by atoms with Crippen molar-refractivity contribution in [2.45, 2.75) is 60.2 Å². The summed E-state index contributed by atoms with van der Waals surface area (Å²) in [5.41, 5.74) is 26.2. The van der Waals surface area contributed by atoms with E-state index in [9.17, 15) is 0 Å². The summed E-state index contributed by atoms with van der Waals surface area (Å²) in [5.74, 6) is 2.12. The first kappa shape index (κ1) is 62.3. The molecule has 488 valence electrons. The summed E-state index contributed by atoms with van der Waals surface area (Å²) in [6.07, 6.45) is 9.08. The Morgan fingerprint density at radius 1 is 0.340 bits per heavy atom. The summed E-state index contributed by atoms with van der Waals surface area (Å²) in [5, 5.41) is 2.47. The Balaban J connectivity index is 0.708. The molecular weight excluding hydrogens is 1250 g/mol. The van der Waals surface area contributed by atoms with E-state index in [2.05, 4.69) is 339 Å². The number of allylic oxidation sites excluding steroid dienone is 1. The van der Waals surface area contributed by atoms with Crippen LogP contribution in [-0.2, 0) is 26.7 Å². The van der Waals surface area contributed by atoms with Crippen molar-refractivity contribution in [3.8, 4) is 33.4 Å². The lowest BCUT2D eigenvalue weighted by Crippen LogP contribution is -2.44. The molecule has 13 aromatic rings. The average Bonchev–Trinajstić information content (AvgIpc) is 1.53. The SMILES string of the molecule is CCC1(CSc2ccc(C3(c4ccc5c(c4)C=CCC5)c4ccccc4-c4ccc(N(c5ccccc5)c5ccc(-c6ccc(N(c7ccccc7)c7ccc8c(c7)C(c7ccc(SCC9(CC)COC9)cc7)(c7ccc9ccccc9c7)c7ccccc7-8)cc6)cc5)cc43)cc2)COC1. The van der Waals surface area contributed by atoms with Crippen LogP contribution in [0.5, 0.6) is 0 Å². The topological polar surface area (TPSA) is 24.9 Å². The van der Waals surface area contributed by atoms with Crippen LogP contribution < -0.4 is 9.80 Å². The van der Waals surface area contributed by atoms with Gasteiger partial charge in [0.1, 0.15) is 0 Å². The van der Waals surface area contributed by atoms with Gasteiger partial charge < -0.3 is 19.3 Å². The Labute approximate surface area is 597 Å². The van der Waals surface area contributed by atoms with Gasteiger partial charge in [-0.3, -0.25) is 0 Å². The highest BCUT2D eigenvalue weighted by Gasteiger charge is 2.49. The summed E-state index contributed by atoms with van der Waals surface area (Å²) < 4.78 is 11.5. The summed E-state index contributed by atoms with van der Waals surface area (Å²) in [6, 6.07) is 115. The van der Waals surface area contributed by atoms with Crippen LogP contribution in [-0.4, -0.2) is 37.9 Å². The maximum atomic E-state index is 5.75. The van der Waals surface area contributed by atoms with Crippen molar-refractivity contribution in [3.05, 3.63) is 365 Å². The molecule has 0 bridgehead atoms. The molecule has 2 heterocycles. The second-order valence-electron chi connectivity index (χ2n) is 28.2. The first-order chi connectivity index (χ1) is 49.3. The molecule has 2 unspecified atom stereocenters. The van der Waals surface area contributed by atoms with E-state index in [0.29, 0.717) is 0 Å². The van der Waals surface area contributed by atoms with Crippen molar-refractivity contribution in [2.75, 3.05) is 47.7 Å². The number of hydrogen-bond donors (Lipinski definition) is 0. The van der Waals surface area contributed by atoms with Crippen LogP contribution in [0.4, 0.5) is 34.1 Å². The van der Waals surface area contributed by atoms with Gasteiger partial charge in [0.15, 0.2) is 0 Å². The van der Waals surface area contributed by atoms with Crippen LogP contribution in [0.25, 0.3) is 50.2 Å². The molecule has 0 radical (unpaired) electrons. The molecule has 13 aromatic carbocycles. The zero-order valence-electron chi connectivity index (χ0n) is 56.6. The molecule has 5 aliphatic rings. The number of ether oxygens (including phenoxy) is 2. The minimum absolute atomic E-state index is 0.257. The number of aryl methyl sites for hydroxylation is 1. The molecule has 100 heavy (non-hydrogen) atoms. The third-order valence-electron chi connectivity index (χ3n) is 22.6. The Morgan fingerprint density at radius 3 is 1.23 bits per heavy atom. The lowest BCUT2D eigenvalue weighted by molar-refractivity contribution is -0.0994. The molecule has 2 atom stereocenters. The van der Waals surface area contributed by atoms with Crippen molar-refractivity contribution >= 4 is 74.5 Å². The van der Waals surface area contributed by atoms with Crippen LogP contribution >= 0.6 is 23.5 Å². The van der Waals surface area contributed by atoms with E-state index in [1.807, 2.05) is 23.5 Å². The van der Waals surface area contributed by atoms with E-state index < -0.39 is 10.8 Å². The molecule has 0 N–H and O–H groups in total. The van der Waals surface area contributed by atoms with Crippen LogP contribution in [0.2, 0.25) is 0 Å². The number of fused-ring (bicyclic) bond motifs is 8. The predicted molar refractivity (Wildman–Crippen MR) is 419 cm³/mol. The predicted octanol–water partition coefficient (Wildman–Crippen LogP) is 24.2. The maximum Gasteiger partial charge on any atom is 0.0714 e. The highest BCUT2D eigenvalue weighted by molar-refractivity contribution is 7.99. The monoisotopic (exact) mass is 1330 g/mol. The molecule has 4 nitrogen and oxygen atoms in total. The molecule has 0 amide bonds. The van der Waals surface area contributed by atoms with Crippen molar-refractivity contribution in [1.82, 2.24) is 0 Å². The van der Waals surface area contributed by atoms with Gasteiger partial charge in [-0.25, -0.2) is 0 Å². The summed E-state index contributed by atoms with van der Waals surface area (Å²) >= 11 is 3.93. The second-order valence-corrected chi connectivity index (χ2v) is 30.3. The second kappa shape index (κ2) is 25.7. The molecule has 0 aromatic heterocycles. The molecule has 0 saturated carbocycles. The molecule has 0 spiro atoms. The number of benzene rings is 13. The number of thioether (sulfide) groups is 2. The van der Waals surface area contributed by atoms with E-state index >= 15 is 0 Å². The van der Waals surface area contributed by atoms with Gasteiger partial charge in [-0.05, 0) is 235 Å². The van der Waals surface area contributed by atoms with Gasteiger partial charge in [-0.2, -0.15) is 0 Å². The Kier molecular flexibility index (Phi) is 16.0. The largest absolute Gasteiger partial charge is 0.380 e. The van der Waals surface area contributed by atoms with Gasteiger partial charge in [0, 0.05) is 66.3 Å². The lowest BCUT2D eigenvalue weighted by atomic mass is 9.67. The minimum Gasteiger partial charge on any atom is -0.380 e. The van der Waals surface area contributed by atoms with Gasteiger partial charge >= 0.3 is 0 Å². The van der Waals surface area contributed by atoms with Gasteiger partial charge in [-0.15, -0.1) is 23.5 Å². The lowest BCUT2D eigenvalue weighted by Gasteiger charge is -2.40. The van der Waals surface area contributed by atoms with E-state index in [1.54, 1.807) is 0 Å². The summed E-state index contributed by atoms with van der Waals surface area (Å²) in [4.78, 5) is 7.46. The fourth-order valence-electron chi connectivity index (χ4n) is 16.8. The summed E-state index contributed by atoms with van der Waals surface area (Å²) in [7, 11) is 0. The third-order valence-corrected chi connectivity index (χ3v) is 25.3. The Morgan fingerprint density at radius 2 is 0.750 bits per heavy atom. The third kappa shape index (κ3) is 10.5. The van der Waals surface area contributed by atoms with Crippen molar-refractivity contribution in [3.63, 3.8) is 0 Å². The average molecular weight is 1330 g/mol. The van der Waals surface area contributed by atoms with Gasteiger partial charge in [0.25, 0.3) is 0 Å². The zero-order valence-corrected chi connectivity index (χ0v) is 58.3. The Bertz CT molecular complexity index is 5230. The van der Waals surface area contributed by atoms with Gasteiger partial charge in [0.2, 0.25) is 0 Å². The van der Waals surface area contributed by atoms with Crippen LogP contribution in [0.3, 0.4) is 0 Å². The number of para-hydroxylation sites is 2. The number of anilines is 6. The first-order valence-corrected chi connectivity index (χ1v) is 37.6. The number of nitrogens with zero attached hydrogens (tertiary/aromatic N) is 2. The molecule has 18 rings (SSSR count). The van der Waals surface area contributed by atoms with E-state index in [-0.39, 0.29) is 10.8 Å². The maximum absolute atomic E-state index is 5.75. The highest BCUT2D eigenvalue weighted by Crippen LogP contribution is 2.60. The van der Waals surface area contributed by atoms with Gasteiger partial charge in [0.05, 0.1) is 37.3 Å². The van der Waals surface area contributed by atoms with E-state index in [4.69, 9.17) is 9.47 Å². The van der Waals surface area contributed by atoms with Crippen LogP contribution in [0, 0.1) is 10.8 Å². The first-order valence-electron chi connectivity index (χ1n) is 35.6. The molecule has 2 fully saturated rings. The molecule has 2 aliphatic heterocycles. The smallest absolute Gasteiger partial charge is 0.0714 e. The fraction of sp³-hybridized carbons (Fsp3) is 0.170. The highest BCUT2D eigenvalue weighted by atomic mass is 32.2. The molecule has 6 heteroatoms. The standard InChI is InChI=1S/C94H78N2O2S2/c1-3-91(59-97-60-91)63-99-81-49-39-71(40-50-81)93(73-37-31-65-19-11-13-21-69(65)55-73)87-29-17-15-27-83(87)85-53-47-79(57-89(85)93)95(75-23-7-5-8-24-75)77-43-33-67(34-44-77)68-35-45-78(46-36-68)96(76-25-9-6-10-26-76)80-48-54-86-84-28-16-18-30-88(84)94(90(86)58-80,74-38-32-66-20-12-14-22-70(66)56-74)72-41-51-82(52-42-72)100-64-92(4-2)61-98-62-92/h5-11,13-19,21-58H,3-4,12,20,59-64H2,1-2H3. The number of rotatable bonds is 19. The van der Waals surface area contributed by atoms with Gasteiger partial charge in [-0.1, -0.05) is 220 Å². The van der Waals surface area contributed by atoms with Crippen molar-refractivity contribution in [2.24, 2.45) is 10.8 Å². The van der Waals surface area contributed by atoms with E-state index in [1.165, 1.54) is 98.5 Å². The van der Waals surface area contributed by atoms with Crippen LogP contribution in [0.1, 0.15) is 88.7 Å². The molecule has 2 saturated heterocycles. The zero-order chi connectivity index (χ0) is 66.8. The normalized spacial score (nSPS) is 17.8. The fourth-order valence-corrected chi connectivity index (χ4v) is 19.1. The quantitative estimate of drug-likeness (QED) is 0.0749. The van der Waals surface area contributed by atoms with E-state index in [0.717, 1.165) is 109 Å². The van der Waals surface area contributed by atoms with Crippen molar-refractivity contribution < 1.29 is 9.47 Å².